The lowest BCUT2D eigenvalue weighted by Crippen LogP contribution is -2.64. The number of carbonyl (C=O) groups excluding carboxylic acids is 2. The zero-order chi connectivity index (χ0) is 51.9. The largest absolute Gasteiger partial charge is 0.472 e. The summed E-state index contributed by atoms with van der Waals surface area (Å²) in [7, 11) is -10.8. The third-order valence-corrected chi connectivity index (χ3v) is 11.9. The lowest BCUT2D eigenvalue weighted by atomic mass is 9.85. The van der Waals surface area contributed by atoms with Crippen molar-refractivity contribution in [3.05, 3.63) is 109 Å². The number of allylic oxidation sites excluding steroid dienone is 16. The van der Waals surface area contributed by atoms with Crippen LogP contribution in [0.2, 0.25) is 0 Å². The van der Waals surface area contributed by atoms with Crippen molar-refractivity contribution in [3.8, 4) is 0 Å². The van der Waals surface area contributed by atoms with Crippen LogP contribution < -0.4 is 0 Å². The molecule has 1 aliphatic rings. The average molecular weight is 1030 g/mol. The second-order valence-electron chi connectivity index (χ2n) is 16.6. The van der Waals surface area contributed by atoms with Crippen LogP contribution in [0.3, 0.4) is 0 Å². The molecular formula is C51H82O17P2. The SMILES string of the molecule is CC/C=C\C/C=C\C/C=C\C/C=C\C=C/C(O)C/C=C\CCC(=O)OC[C@H](COP(=O)(O)O[C@H]1C(O)C(O)C(O)[C@@H](OP(=O)(O)O)C1O)OC(=O)CCC/C=C\C/C=C\C/C=C\CCCCCCCC. The Morgan fingerprint density at radius 1 is 0.543 bits per heavy atom. The van der Waals surface area contributed by atoms with Gasteiger partial charge in [-0.3, -0.25) is 23.2 Å². The number of ether oxygens (including phenoxy) is 2. The Labute approximate surface area is 415 Å². The molecule has 1 saturated carbocycles. The van der Waals surface area contributed by atoms with E-state index in [2.05, 4.69) is 79.1 Å². The third kappa shape index (κ3) is 34.1. The molecule has 0 aliphatic heterocycles. The Hall–Kier alpha value is -3.38. The summed E-state index contributed by atoms with van der Waals surface area (Å²) in [6.45, 7) is 2.79. The van der Waals surface area contributed by atoms with E-state index in [1.807, 2.05) is 24.3 Å². The molecule has 398 valence electrons. The molecule has 19 heteroatoms. The van der Waals surface area contributed by atoms with Gasteiger partial charge >= 0.3 is 27.6 Å². The molecule has 0 radical (unpaired) electrons. The summed E-state index contributed by atoms with van der Waals surface area (Å²) in [5, 5.41) is 51.5. The van der Waals surface area contributed by atoms with Crippen LogP contribution in [0.4, 0.5) is 0 Å². The van der Waals surface area contributed by atoms with Gasteiger partial charge in [-0.25, -0.2) is 9.13 Å². The highest BCUT2D eigenvalue weighted by atomic mass is 31.2. The second-order valence-corrected chi connectivity index (χ2v) is 19.2. The Kier molecular flexibility index (Phi) is 37.1. The fourth-order valence-electron chi connectivity index (χ4n) is 6.62. The summed E-state index contributed by atoms with van der Waals surface area (Å²) in [4.78, 5) is 54.3. The number of esters is 2. The topological polar surface area (TPSA) is 276 Å². The molecule has 1 aliphatic carbocycles. The van der Waals surface area contributed by atoms with Crippen LogP contribution in [0.25, 0.3) is 0 Å². The molecular weight excluding hydrogens is 946 g/mol. The molecule has 9 atom stereocenters. The van der Waals surface area contributed by atoms with E-state index in [4.69, 9.17) is 18.5 Å². The summed E-state index contributed by atoms with van der Waals surface area (Å²) in [6.07, 6.45) is 35.0. The summed E-state index contributed by atoms with van der Waals surface area (Å²) in [5.41, 5.74) is 0. The Morgan fingerprint density at radius 2 is 1.07 bits per heavy atom. The van der Waals surface area contributed by atoms with Gasteiger partial charge in [0.15, 0.2) is 6.10 Å². The van der Waals surface area contributed by atoms with E-state index in [-0.39, 0.29) is 19.3 Å². The maximum atomic E-state index is 13.0. The molecule has 0 bridgehead atoms. The molecule has 0 spiro atoms. The minimum atomic E-state index is -5.39. The van der Waals surface area contributed by atoms with Crippen LogP contribution in [0.15, 0.2) is 109 Å². The van der Waals surface area contributed by atoms with Crippen LogP contribution in [0.5, 0.6) is 0 Å². The summed E-state index contributed by atoms with van der Waals surface area (Å²) < 4.78 is 49.2. The van der Waals surface area contributed by atoms with Crippen molar-refractivity contribution in [2.75, 3.05) is 13.2 Å². The highest BCUT2D eigenvalue weighted by Crippen LogP contribution is 2.49. The number of aliphatic hydroxyl groups excluding tert-OH is 5. The van der Waals surface area contributed by atoms with Gasteiger partial charge in [0.2, 0.25) is 0 Å². The van der Waals surface area contributed by atoms with E-state index in [0.29, 0.717) is 19.3 Å². The number of hydrogen-bond donors (Lipinski definition) is 8. The first kappa shape index (κ1) is 64.6. The first-order valence-electron chi connectivity index (χ1n) is 24.5. The van der Waals surface area contributed by atoms with Crippen molar-refractivity contribution in [1.29, 1.82) is 0 Å². The number of phosphoric acid groups is 2. The number of hydrogen-bond acceptors (Lipinski definition) is 14. The summed E-state index contributed by atoms with van der Waals surface area (Å²) >= 11 is 0. The second kappa shape index (κ2) is 40.1. The lowest BCUT2D eigenvalue weighted by Gasteiger charge is -2.43. The minimum absolute atomic E-state index is 0.0712. The van der Waals surface area contributed by atoms with E-state index < -0.39 is 89.6 Å². The van der Waals surface area contributed by atoms with E-state index in [1.54, 1.807) is 24.3 Å². The molecule has 6 unspecified atom stereocenters. The van der Waals surface area contributed by atoms with Crippen molar-refractivity contribution < 1.29 is 82.0 Å². The fraction of sp³-hybridized carbons (Fsp3) is 0.608. The summed E-state index contributed by atoms with van der Waals surface area (Å²) in [6, 6.07) is 0. The molecule has 0 aromatic heterocycles. The Morgan fingerprint density at radius 3 is 1.67 bits per heavy atom. The zero-order valence-electron chi connectivity index (χ0n) is 41.0. The monoisotopic (exact) mass is 1030 g/mol. The maximum absolute atomic E-state index is 13.0. The number of unbranched alkanes of at least 4 members (excludes halogenated alkanes) is 7. The Bertz CT molecular complexity index is 1780. The van der Waals surface area contributed by atoms with Gasteiger partial charge in [0.25, 0.3) is 0 Å². The van der Waals surface area contributed by atoms with Crippen molar-refractivity contribution >= 4 is 27.6 Å². The van der Waals surface area contributed by atoms with Gasteiger partial charge in [0.1, 0.15) is 43.2 Å². The number of phosphoric ester groups is 2. The van der Waals surface area contributed by atoms with Crippen LogP contribution in [-0.4, -0.2) is 114 Å². The normalized spacial score (nSPS) is 22.4. The van der Waals surface area contributed by atoms with Gasteiger partial charge in [-0.2, -0.15) is 0 Å². The molecule has 0 heterocycles. The van der Waals surface area contributed by atoms with Crippen LogP contribution in [-0.2, 0) is 41.8 Å². The van der Waals surface area contributed by atoms with Crippen LogP contribution in [0.1, 0.15) is 136 Å². The van der Waals surface area contributed by atoms with Gasteiger partial charge in [-0.1, -0.05) is 155 Å². The predicted octanol–water partition coefficient (Wildman–Crippen LogP) is 8.70. The standard InChI is InChI=1S/C51H82O17P2/c1-3-5-7-9-11-13-15-17-18-19-20-22-24-26-28-30-34-39-45(54)66-43(41-65-70(62,63)68-51-48(57)46(55)47(56)50(49(51)58)67-69(59,60)61)40-64-44(53)38-35-31-33-37-42(52)36-32-29-27-25-23-21-16-14-12-10-8-6-4-2/h6,8,12,14,17-18,20-23,26-29,31-33,36,42-43,46-52,55-58H,3-5,7,9-11,13,15-16,19,24-25,30,34-35,37-41H2,1-2H3,(H,62,63)(H2,59,60,61)/b8-6-,14-12-,18-17-,22-20-,23-21-,28-26-,29-27-,33-31-,36-32-/t42?,43-,46?,47?,48?,49?,50-,51+/m1/s1. The quantitative estimate of drug-likeness (QED) is 0.00940. The van der Waals surface area contributed by atoms with Gasteiger partial charge in [0, 0.05) is 12.8 Å². The fourth-order valence-corrected chi connectivity index (χ4v) is 8.16. The predicted molar refractivity (Wildman–Crippen MR) is 270 cm³/mol. The number of rotatable bonds is 39. The maximum Gasteiger partial charge on any atom is 0.472 e. The number of carbonyl (C=O) groups is 2. The van der Waals surface area contributed by atoms with E-state index in [1.165, 1.54) is 38.5 Å². The lowest BCUT2D eigenvalue weighted by molar-refractivity contribution is -0.216. The van der Waals surface area contributed by atoms with Crippen molar-refractivity contribution in [1.82, 2.24) is 0 Å². The van der Waals surface area contributed by atoms with Crippen molar-refractivity contribution in [3.63, 3.8) is 0 Å². The molecule has 17 nitrogen and oxygen atoms in total. The number of aliphatic hydroxyl groups is 5. The van der Waals surface area contributed by atoms with Crippen molar-refractivity contribution in [2.24, 2.45) is 0 Å². The first-order chi connectivity index (χ1) is 33.5. The minimum Gasteiger partial charge on any atom is -0.462 e. The van der Waals surface area contributed by atoms with E-state index in [0.717, 1.165) is 44.9 Å². The molecule has 1 rings (SSSR count). The smallest absolute Gasteiger partial charge is 0.462 e. The van der Waals surface area contributed by atoms with Gasteiger partial charge < -0.3 is 49.7 Å². The van der Waals surface area contributed by atoms with Gasteiger partial charge in [-0.15, -0.1) is 0 Å². The molecule has 8 N–H and O–H groups in total. The molecule has 0 amide bonds. The molecule has 1 fully saturated rings. The highest BCUT2D eigenvalue weighted by molar-refractivity contribution is 7.47. The molecule has 0 saturated heterocycles. The molecule has 0 aromatic rings. The third-order valence-electron chi connectivity index (χ3n) is 10.4. The van der Waals surface area contributed by atoms with Crippen LogP contribution in [0, 0.1) is 0 Å². The molecule has 70 heavy (non-hydrogen) atoms. The highest BCUT2D eigenvalue weighted by Gasteiger charge is 2.54. The summed E-state index contributed by atoms with van der Waals surface area (Å²) in [5.74, 6) is -1.46. The first-order valence-corrected chi connectivity index (χ1v) is 27.6. The van der Waals surface area contributed by atoms with E-state index in [9.17, 15) is 58.9 Å². The van der Waals surface area contributed by atoms with Gasteiger partial charge in [-0.05, 0) is 77.0 Å². The zero-order valence-corrected chi connectivity index (χ0v) is 42.8. The van der Waals surface area contributed by atoms with Crippen molar-refractivity contribution in [2.45, 2.75) is 185 Å². The Balaban J connectivity index is 2.71. The van der Waals surface area contributed by atoms with Crippen LogP contribution >= 0.6 is 15.6 Å². The van der Waals surface area contributed by atoms with Gasteiger partial charge in [0.05, 0.1) is 12.7 Å². The average Bonchev–Trinajstić information content (AvgIpc) is 3.31. The van der Waals surface area contributed by atoms with E-state index >= 15 is 0 Å². The molecule has 0 aromatic carbocycles.